The number of guanidine groups is 1. The van der Waals surface area contributed by atoms with Gasteiger partial charge in [0.2, 0.25) is 0 Å². The standard InChI is InChI=1S/C23H32N4O.HI/c1-17(2)21(19-8-6-12-25-13-19)15-27-23(24-3)26-14-20-7-4-5-9-22(20)28-16-18-10-11-18;/h4-9,12-13,17-18,21H,10-11,14-16H2,1-3H3,(H2,24,26,27);1H. The van der Waals surface area contributed by atoms with Crippen LogP contribution in [0.15, 0.2) is 53.8 Å². The van der Waals surface area contributed by atoms with Gasteiger partial charge in [0.1, 0.15) is 5.75 Å². The predicted molar refractivity (Wildman–Crippen MR) is 130 cm³/mol. The smallest absolute Gasteiger partial charge is 0.191 e. The molecule has 2 aromatic rings. The number of halogens is 1. The summed E-state index contributed by atoms with van der Waals surface area (Å²) in [4.78, 5) is 8.65. The van der Waals surface area contributed by atoms with Crippen molar-refractivity contribution < 1.29 is 4.74 Å². The van der Waals surface area contributed by atoms with E-state index in [1.54, 1.807) is 7.05 Å². The molecule has 1 saturated carbocycles. The van der Waals surface area contributed by atoms with Crippen LogP contribution in [0.25, 0.3) is 0 Å². The Bertz CT molecular complexity index is 762. The van der Waals surface area contributed by atoms with E-state index in [4.69, 9.17) is 4.74 Å². The van der Waals surface area contributed by atoms with Crippen LogP contribution in [0.3, 0.4) is 0 Å². The predicted octanol–water partition coefficient (Wildman–Crippen LogP) is 4.59. The fourth-order valence-corrected chi connectivity index (χ4v) is 3.22. The van der Waals surface area contributed by atoms with Crippen LogP contribution in [0.4, 0.5) is 0 Å². The molecule has 0 saturated heterocycles. The van der Waals surface area contributed by atoms with E-state index >= 15 is 0 Å². The van der Waals surface area contributed by atoms with E-state index in [-0.39, 0.29) is 24.0 Å². The third kappa shape index (κ3) is 7.49. The van der Waals surface area contributed by atoms with Gasteiger partial charge in [-0.3, -0.25) is 9.98 Å². The third-order valence-corrected chi connectivity index (χ3v) is 5.22. The molecule has 0 amide bonds. The second-order valence-corrected chi connectivity index (χ2v) is 7.81. The molecule has 1 fully saturated rings. The highest BCUT2D eigenvalue weighted by Crippen LogP contribution is 2.30. The van der Waals surface area contributed by atoms with Gasteiger partial charge >= 0.3 is 0 Å². The van der Waals surface area contributed by atoms with Crippen molar-refractivity contribution in [2.45, 2.75) is 39.2 Å². The second kappa shape index (κ2) is 12.0. The summed E-state index contributed by atoms with van der Waals surface area (Å²) in [5.41, 5.74) is 2.40. The zero-order valence-electron chi connectivity index (χ0n) is 17.6. The number of pyridine rings is 1. The molecule has 0 radical (unpaired) electrons. The van der Waals surface area contributed by atoms with E-state index in [9.17, 15) is 0 Å². The summed E-state index contributed by atoms with van der Waals surface area (Å²) in [7, 11) is 1.80. The Morgan fingerprint density at radius 3 is 2.62 bits per heavy atom. The number of nitrogens with zero attached hydrogens (tertiary/aromatic N) is 2. The first kappa shape index (κ1) is 23.4. The highest BCUT2D eigenvalue weighted by atomic mass is 127. The highest BCUT2D eigenvalue weighted by molar-refractivity contribution is 14.0. The minimum atomic E-state index is 0. The quantitative estimate of drug-likeness (QED) is 0.296. The molecule has 5 nitrogen and oxygen atoms in total. The van der Waals surface area contributed by atoms with Gasteiger partial charge in [0, 0.05) is 44.0 Å². The van der Waals surface area contributed by atoms with Gasteiger partial charge in [-0.1, -0.05) is 38.1 Å². The van der Waals surface area contributed by atoms with Crippen molar-refractivity contribution in [3.63, 3.8) is 0 Å². The van der Waals surface area contributed by atoms with Crippen molar-refractivity contribution in [2.24, 2.45) is 16.8 Å². The first-order valence-corrected chi connectivity index (χ1v) is 10.2. The van der Waals surface area contributed by atoms with Gasteiger partial charge in [-0.25, -0.2) is 0 Å². The van der Waals surface area contributed by atoms with Gasteiger partial charge < -0.3 is 15.4 Å². The van der Waals surface area contributed by atoms with Crippen molar-refractivity contribution in [1.29, 1.82) is 0 Å². The van der Waals surface area contributed by atoms with Crippen LogP contribution in [-0.4, -0.2) is 31.1 Å². The van der Waals surface area contributed by atoms with Gasteiger partial charge in [0.05, 0.1) is 6.61 Å². The third-order valence-electron chi connectivity index (χ3n) is 5.22. The average Bonchev–Trinajstić information content (AvgIpc) is 3.54. The summed E-state index contributed by atoms with van der Waals surface area (Å²) < 4.78 is 6.01. The molecule has 0 bridgehead atoms. The van der Waals surface area contributed by atoms with E-state index < -0.39 is 0 Å². The summed E-state index contributed by atoms with van der Waals surface area (Å²) in [6.07, 6.45) is 6.36. The topological polar surface area (TPSA) is 58.5 Å². The summed E-state index contributed by atoms with van der Waals surface area (Å²) in [5, 5.41) is 6.89. The van der Waals surface area contributed by atoms with Crippen molar-refractivity contribution >= 4 is 29.9 Å². The molecule has 1 heterocycles. The molecule has 1 aromatic carbocycles. The zero-order valence-corrected chi connectivity index (χ0v) is 19.9. The molecule has 0 spiro atoms. The summed E-state index contributed by atoms with van der Waals surface area (Å²) >= 11 is 0. The largest absolute Gasteiger partial charge is 0.493 e. The molecule has 1 atom stereocenters. The minimum absolute atomic E-state index is 0. The Labute approximate surface area is 191 Å². The lowest BCUT2D eigenvalue weighted by atomic mass is 9.89. The molecular formula is C23H33IN4O. The van der Waals surface area contributed by atoms with E-state index in [0.29, 0.717) is 18.4 Å². The average molecular weight is 508 g/mol. The van der Waals surface area contributed by atoms with Crippen LogP contribution in [0.2, 0.25) is 0 Å². The van der Waals surface area contributed by atoms with Crippen LogP contribution >= 0.6 is 24.0 Å². The lowest BCUT2D eigenvalue weighted by Gasteiger charge is -2.23. The van der Waals surface area contributed by atoms with Gasteiger partial charge in [-0.05, 0) is 42.4 Å². The lowest BCUT2D eigenvalue weighted by molar-refractivity contribution is 0.296. The highest BCUT2D eigenvalue weighted by Gasteiger charge is 2.22. The summed E-state index contributed by atoms with van der Waals surface area (Å²) in [6.45, 7) is 6.79. The Balaban J connectivity index is 0.00000300. The number of aromatic nitrogens is 1. The van der Waals surface area contributed by atoms with Crippen LogP contribution in [-0.2, 0) is 6.54 Å². The molecule has 1 aliphatic rings. The van der Waals surface area contributed by atoms with E-state index in [2.05, 4.69) is 46.6 Å². The van der Waals surface area contributed by atoms with Gasteiger partial charge in [-0.2, -0.15) is 0 Å². The van der Waals surface area contributed by atoms with Gasteiger partial charge in [0.15, 0.2) is 5.96 Å². The number of hydrogen-bond donors (Lipinski definition) is 2. The molecule has 3 rings (SSSR count). The monoisotopic (exact) mass is 508 g/mol. The maximum Gasteiger partial charge on any atom is 0.191 e. The van der Waals surface area contributed by atoms with Crippen LogP contribution < -0.4 is 15.4 Å². The van der Waals surface area contributed by atoms with Crippen LogP contribution in [0.5, 0.6) is 5.75 Å². The molecule has 1 aromatic heterocycles. The number of nitrogens with one attached hydrogen (secondary N) is 2. The maximum atomic E-state index is 6.01. The Morgan fingerprint density at radius 1 is 1.17 bits per heavy atom. The second-order valence-electron chi connectivity index (χ2n) is 7.81. The number of para-hydroxylation sites is 1. The number of aliphatic imine (C=N–C) groups is 1. The van der Waals surface area contributed by atoms with Crippen LogP contribution in [0.1, 0.15) is 43.7 Å². The minimum Gasteiger partial charge on any atom is -0.493 e. The van der Waals surface area contributed by atoms with E-state index in [1.807, 2.05) is 36.7 Å². The van der Waals surface area contributed by atoms with Crippen molar-refractivity contribution in [3.8, 4) is 5.75 Å². The Morgan fingerprint density at radius 2 is 1.97 bits per heavy atom. The molecule has 1 aliphatic carbocycles. The zero-order chi connectivity index (χ0) is 19.8. The normalized spacial score (nSPS) is 14.8. The maximum absolute atomic E-state index is 6.01. The fourth-order valence-electron chi connectivity index (χ4n) is 3.22. The van der Waals surface area contributed by atoms with Crippen molar-refractivity contribution in [1.82, 2.24) is 15.6 Å². The summed E-state index contributed by atoms with van der Waals surface area (Å²) in [5.74, 6) is 3.39. The number of benzene rings is 1. The first-order valence-electron chi connectivity index (χ1n) is 10.2. The van der Waals surface area contributed by atoms with Crippen molar-refractivity contribution in [2.75, 3.05) is 20.2 Å². The Hall–Kier alpha value is -1.83. The van der Waals surface area contributed by atoms with Crippen LogP contribution in [0, 0.1) is 11.8 Å². The molecule has 2 N–H and O–H groups in total. The number of ether oxygens (including phenoxy) is 1. The van der Waals surface area contributed by atoms with E-state index in [1.165, 1.54) is 18.4 Å². The van der Waals surface area contributed by atoms with E-state index in [0.717, 1.165) is 36.3 Å². The molecule has 158 valence electrons. The summed E-state index contributed by atoms with van der Waals surface area (Å²) in [6, 6.07) is 12.4. The molecule has 6 heteroatoms. The Kier molecular flexibility index (Phi) is 9.70. The molecule has 0 aliphatic heterocycles. The SMILES string of the molecule is CN=C(NCc1ccccc1OCC1CC1)NCC(c1cccnc1)C(C)C.I. The molecular weight excluding hydrogens is 475 g/mol. The van der Waals surface area contributed by atoms with Gasteiger partial charge in [-0.15, -0.1) is 24.0 Å². The van der Waals surface area contributed by atoms with Crippen molar-refractivity contribution in [3.05, 3.63) is 59.9 Å². The van der Waals surface area contributed by atoms with Gasteiger partial charge in [0.25, 0.3) is 0 Å². The lowest BCUT2D eigenvalue weighted by Crippen LogP contribution is -2.39. The first-order chi connectivity index (χ1) is 13.7. The number of hydrogen-bond acceptors (Lipinski definition) is 3. The molecule has 29 heavy (non-hydrogen) atoms. The number of rotatable bonds is 9. The molecule has 1 unspecified atom stereocenters. The fraction of sp³-hybridized carbons (Fsp3) is 0.478.